The average molecular weight is 1150 g/mol. The molecule has 456 valence electrons. The molecule has 2 aromatic carbocycles. The van der Waals surface area contributed by atoms with Crippen molar-refractivity contribution < 1.29 is 71.5 Å². The largest absolute Gasteiger partial charge is 0.388 e. The summed E-state index contributed by atoms with van der Waals surface area (Å²) in [6.07, 6.45) is 2.79. The number of aliphatic hydroxyl groups is 1. The number of ether oxygens (including phenoxy) is 4. The molecule has 23 nitrogen and oxygen atoms in total. The van der Waals surface area contributed by atoms with Gasteiger partial charge in [0, 0.05) is 51.0 Å². The van der Waals surface area contributed by atoms with Crippen LogP contribution in [0.1, 0.15) is 138 Å². The van der Waals surface area contributed by atoms with Crippen LogP contribution < -0.4 is 31.9 Å². The molecule has 6 atom stereocenters. The lowest BCUT2D eigenvalue weighted by Crippen LogP contribution is -2.48. The number of nitrogens with zero attached hydrogens (tertiary/aromatic N) is 2. The van der Waals surface area contributed by atoms with E-state index in [0.717, 1.165) is 12.2 Å². The number of amides is 6. The Labute approximate surface area is 482 Å². The van der Waals surface area contributed by atoms with Crippen molar-refractivity contribution in [1.29, 1.82) is 0 Å². The lowest BCUT2D eigenvalue weighted by molar-refractivity contribution is -0.130. The second-order valence-electron chi connectivity index (χ2n) is 21.2. The number of rotatable bonds is 27. The highest BCUT2D eigenvalue weighted by molar-refractivity contribution is 5.97. The maximum Gasteiger partial charge on any atom is 0.273 e. The molecule has 2 aliphatic heterocycles. The maximum absolute atomic E-state index is 12.1. The molecule has 6 rings (SSSR count). The number of aryl methyl sites for hydroxylation is 2. The Morgan fingerprint density at radius 3 is 1.35 bits per heavy atom. The lowest BCUT2D eigenvalue weighted by atomic mass is 9.93. The summed E-state index contributed by atoms with van der Waals surface area (Å²) in [5.74, 6) is 0.282. The zero-order valence-electron chi connectivity index (χ0n) is 50.3. The number of methoxy groups -OCH3 is 2. The topological polar surface area (TPSA) is 325 Å². The van der Waals surface area contributed by atoms with Crippen LogP contribution in [0.3, 0.4) is 0 Å². The third kappa shape index (κ3) is 31.1. The van der Waals surface area contributed by atoms with E-state index in [1.165, 1.54) is 17.2 Å². The fourth-order valence-electron chi connectivity index (χ4n) is 6.89. The Balaban J connectivity index is 0.000000506. The molecule has 0 unspecified atom stereocenters. The molecule has 7 N–H and O–H groups in total. The van der Waals surface area contributed by atoms with Gasteiger partial charge in [0.1, 0.15) is 23.6 Å². The second kappa shape index (κ2) is 39.3. The normalized spacial score (nSPS) is 16.7. The van der Waals surface area contributed by atoms with Crippen LogP contribution in [0.25, 0.3) is 0 Å². The van der Waals surface area contributed by atoms with Gasteiger partial charge in [0.05, 0.1) is 45.0 Å². The Morgan fingerprint density at radius 1 is 0.622 bits per heavy atom. The van der Waals surface area contributed by atoms with Crippen LogP contribution in [0.15, 0.2) is 81.8 Å². The van der Waals surface area contributed by atoms with Crippen molar-refractivity contribution in [2.45, 2.75) is 150 Å². The van der Waals surface area contributed by atoms with Crippen LogP contribution in [0.2, 0.25) is 0 Å². The molecule has 0 radical (unpaired) electrons. The molecule has 0 bridgehead atoms. The summed E-state index contributed by atoms with van der Waals surface area (Å²) < 4.78 is 29.8. The van der Waals surface area contributed by atoms with Crippen LogP contribution >= 0.6 is 0 Å². The quantitative estimate of drug-likeness (QED) is 0.0301. The minimum Gasteiger partial charge on any atom is -0.388 e. The van der Waals surface area contributed by atoms with Crippen LogP contribution in [-0.4, -0.2) is 153 Å². The van der Waals surface area contributed by atoms with Crippen LogP contribution in [0, 0.1) is 25.7 Å². The van der Waals surface area contributed by atoms with Gasteiger partial charge in [0.15, 0.2) is 28.7 Å². The summed E-state index contributed by atoms with van der Waals surface area (Å²) >= 11 is 0. The minimum atomic E-state index is -0.745. The third-order valence-electron chi connectivity index (χ3n) is 11.7. The van der Waals surface area contributed by atoms with Gasteiger partial charge in [-0.15, -0.1) is 0 Å². The molecule has 2 aliphatic rings. The molecule has 23 heteroatoms. The second-order valence-corrected chi connectivity index (χ2v) is 21.2. The summed E-state index contributed by atoms with van der Waals surface area (Å²) in [7, 11) is 3.20. The molecule has 2 fully saturated rings. The molecule has 0 saturated carbocycles. The number of hydrogen-bond acceptors (Lipinski definition) is 17. The fourth-order valence-corrected chi connectivity index (χ4v) is 6.89. The standard InChI is InChI=1S/2C12H20N2O4.C12H20N2O3.C9H14N2O4.2C7H8/c2*1-8(2)4-9(11(17)12(3)6-18-12)14-10(16)5-13-7-15;1-8(2)11-7-10(14-17-11)12(15)13-9(3)5-6-16-4;1-6(5-14-2)10-9(13)8-3-7(4-12)15-11-8;2*1-7-5-3-2-4-6-7/h2*7-9H,4-6H2,1-3H3,(H,13,15)(H,14,16);7-9H,5-6H2,1-4H3,(H,13,15);3,6,12H,4-5H2,1-2H3,(H,10,13);2*2-6H,1H3/t2*9-,12+;9-;6-;;/m0011../s1. The van der Waals surface area contributed by atoms with Crippen LogP contribution in [0.4, 0.5) is 0 Å². The number of aromatic nitrogens is 2. The molecule has 2 aromatic heterocycles. The predicted octanol–water partition coefficient (Wildman–Crippen LogP) is 5.12. The van der Waals surface area contributed by atoms with Gasteiger partial charge in [-0.2, -0.15) is 0 Å². The van der Waals surface area contributed by atoms with Gasteiger partial charge in [-0.05, 0) is 72.6 Å². The van der Waals surface area contributed by atoms with E-state index in [1.54, 1.807) is 34.1 Å². The summed E-state index contributed by atoms with van der Waals surface area (Å²) in [6.45, 7) is 24.6. The van der Waals surface area contributed by atoms with Crippen molar-refractivity contribution in [3.63, 3.8) is 0 Å². The number of epoxide rings is 2. The highest BCUT2D eigenvalue weighted by atomic mass is 16.6. The predicted molar refractivity (Wildman–Crippen MR) is 307 cm³/mol. The van der Waals surface area contributed by atoms with Crippen molar-refractivity contribution in [3.05, 3.63) is 107 Å². The van der Waals surface area contributed by atoms with Crippen molar-refractivity contribution in [1.82, 2.24) is 42.2 Å². The number of nitrogens with one attached hydrogen (secondary N) is 6. The SMILES string of the molecule is CC(C)C[C@H](NC(=O)CNC=O)C(=O)[C@@]1(C)CO1.CC(C)C[C@H](NC(=O)CNC=O)C(=O)[C@@]1(C)CO1.COCC[C@@H](C)NC(=O)c1cc(C(C)C)on1.COC[C@@H](C)NC(=O)c1cc(CO)on1.Cc1ccccc1.Cc1ccccc1. The maximum atomic E-state index is 12.1. The lowest BCUT2D eigenvalue weighted by Gasteiger charge is -2.21. The van der Waals surface area contributed by atoms with Crippen LogP contribution in [0.5, 0.6) is 0 Å². The monoisotopic (exact) mass is 1150 g/mol. The van der Waals surface area contributed by atoms with Gasteiger partial charge in [-0.25, -0.2) is 0 Å². The summed E-state index contributed by atoms with van der Waals surface area (Å²) in [5.41, 5.74) is 1.64. The Hall–Kier alpha value is -7.18. The molecule has 4 aromatic rings. The molecular formula is C59H90N8O15. The molecule has 0 spiro atoms. The van der Waals surface area contributed by atoms with Gasteiger partial charge in [-0.3, -0.25) is 38.4 Å². The number of hydrogen-bond donors (Lipinski definition) is 7. The summed E-state index contributed by atoms with van der Waals surface area (Å²) in [6, 6.07) is 22.4. The Bertz CT molecular complexity index is 2390. The first-order chi connectivity index (χ1) is 38.8. The zero-order valence-corrected chi connectivity index (χ0v) is 50.3. The van der Waals surface area contributed by atoms with Gasteiger partial charge >= 0.3 is 0 Å². The van der Waals surface area contributed by atoms with Gasteiger partial charge in [0.2, 0.25) is 24.6 Å². The number of benzene rings is 2. The average Bonchev–Trinajstić information content (AvgIpc) is 4.43. The van der Waals surface area contributed by atoms with Crippen molar-refractivity contribution >= 4 is 48.0 Å². The van der Waals surface area contributed by atoms with Crippen LogP contribution in [-0.2, 0) is 54.3 Å². The molecule has 82 heavy (non-hydrogen) atoms. The van der Waals surface area contributed by atoms with E-state index in [-0.39, 0.29) is 96.2 Å². The fraction of sp³-hybridized carbons (Fsp3) is 0.559. The number of Topliss-reactive ketones (excluding diaryl/α,β-unsaturated/α-hetero) is 2. The van der Waals surface area contributed by atoms with Gasteiger partial charge in [-0.1, -0.05) is 124 Å². The molecule has 4 heterocycles. The van der Waals surface area contributed by atoms with Gasteiger partial charge in [0.25, 0.3) is 11.8 Å². The summed E-state index contributed by atoms with van der Waals surface area (Å²) in [5, 5.41) is 31.3. The van der Waals surface area contributed by atoms with Crippen molar-refractivity contribution in [2.24, 2.45) is 11.8 Å². The number of ketones is 2. The van der Waals surface area contributed by atoms with Gasteiger partial charge < -0.3 is 65.0 Å². The van der Waals surface area contributed by atoms with E-state index in [1.807, 2.05) is 91.8 Å². The molecule has 6 amide bonds. The number of carbonyl (C=O) groups excluding carboxylic acids is 8. The molecular weight excluding hydrogens is 1060 g/mol. The number of aliphatic hydroxyl groups excluding tert-OH is 1. The van der Waals surface area contributed by atoms with E-state index in [4.69, 9.17) is 28.6 Å². The smallest absolute Gasteiger partial charge is 0.273 e. The minimum absolute atomic E-state index is 0.0571. The van der Waals surface area contributed by atoms with E-state index in [2.05, 4.69) is 84.9 Å². The first-order valence-corrected chi connectivity index (χ1v) is 27.2. The van der Waals surface area contributed by atoms with E-state index in [0.29, 0.717) is 57.8 Å². The van der Waals surface area contributed by atoms with E-state index in [9.17, 15) is 38.4 Å². The first kappa shape index (κ1) is 72.8. The Morgan fingerprint density at radius 2 is 1.04 bits per heavy atom. The number of carbonyl (C=O) groups is 8. The molecule has 2 saturated heterocycles. The third-order valence-corrected chi connectivity index (χ3v) is 11.7. The Kier molecular flexibility index (Phi) is 34.9. The van der Waals surface area contributed by atoms with E-state index < -0.39 is 23.3 Å². The van der Waals surface area contributed by atoms with Crippen molar-refractivity contribution in [2.75, 3.05) is 53.7 Å². The highest BCUT2D eigenvalue weighted by Crippen LogP contribution is 2.30. The van der Waals surface area contributed by atoms with Crippen molar-refractivity contribution in [3.8, 4) is 0 Å². The zero-order chi connectivity index (χ0) is 61.8. The van der Waals surface area contributed by atoms with E-state index >= 15 is 0 Å². The first-order valence-electron chi connectivity index (χ1n) is 27.2. The highest BCUT2D eigenvalue weighted by Gasteiger charge is 2.51. The molecule has 0 aliphatic carbocycles. The summed E-state index contributed by atoms with van der Waals surface area (Å²) in [4.78, 5) is 90.8.